The molecule has 3 rings (SSSR count). The molecule has 0 aliphatic heterocycles. The molecule has 0 spiro atoms. The summed E-state index contributed by atoms with van der Waals surface area (Å²) < 4.78 is 28.7. The van der Waals surface area contributed by atoms with Crippen molar-refractivity contribution >= 4 is 44.0 Å². The van der Waals surface area contributed by atoms with Crippen molar-refractivity contribution in [3.05, 3.63) is 71.2 Å². The van der Waals surface area contributed by atoms with Gasteiger partial charge in [0.05, 0.1) is 5.02 Å². The Morgan fingerprint density at radius 2 is 1.79 bits per heavy atom. The minimum Gasteiger partial charge on any atom is -0.351 e. The van der Waals surface area contributed by atoms with E-state index in [0.29, 0.717) is 24.0 Å². The maximum absolute atomic E-state index is 13.1. The number of hydrogen-bond donors (Lipinski definition) is 2. The fourth-order valence-corrected chi connectivity index (χ4v) is 4.72. The maximum atomic E-state index is 13.1. The molecule has 2 N–H and O–H groups in total. The Labute approximate surface area is 175 Å². The second-order valence-electron chi connectivity index (χ2n) is 6.84. The van der Waals surface area contributed by atoms with Crippen LogP contribution in [0.4, 0.5) is 5.69 Å². The van der Waals surface area contributed by atoms with E-state index in [1.165, 1.54) is 6.07 Å². The molecule has 0 bridgehead atoms. The van der Waals surface area contributed by atoms with Crippen LogP contribution in [0.5, 0.6) is 0 Å². The molecule has 0 unspecified atom stereocenters. The Kier molecular flexibility index (Phi) is 6.42. The van der Waals surface area contributed by atoms with Crippen LogP contribution in [0.15, 0.2) is 65.6 Å². The van der Waals surface area contributed by atoms with Crippen molar-refractivity contribution in [2.45, 2.75) is 4.90 Å². The molecule has 3 aromatic rings. The van der Waals surface area contributed by atoms with Crippen LogP contribution in [-0.4, -0.2) is 46.4 Å². The third-order valence-electron chi connectivity index (χ3n) is 4.32. The molecule has 0 aromatic heterocycles. The fraction of sp³-hybridized carbons (Fsp3) is 0.190. The van der Waals surface area contributed by atoms with Gasteiger partial charge in [0.2, 0.25) is 0 Å². The van der Waals surface area contributed by atoms with Crippen LogP contribution in [0.25, 0.3) is 10.8 Å². The van der Waals surface area contributed by atoms with Crippen LogP contribution in [0.2, 0.25) is 5.02 Å². The molecule has 0 atom stereocenters. The largest absolute Gasteiger partial charge is 0.351 e. The lowest BCUT2D eigenvalue weighted by Crippen LogP contribution is -2.31. The fourth-order valence-electron chi connectivity index (χ4n) is 2.91. The third-order valence-corrected chi connectivity index (χ3v) is 6.23. The molecule has 1 amide bonds. The number of amides is 1. The summed E-state index contributed by atoms with van der Waals surface area (Å²) in [7, 11) is -0.128. The first-order chi connectivity index (χ1) is 13.8. The summed E-state index contributed by atoms with van der Waals surface area (Å²) in [6, 6.07) is 16.8. The molecule has 0 aliphatic rings. The van der Waals surface area contributed by atoms with E-state index in [1.54, 1.807) is 42.5 Å². The first kappa shape index (κ1) is 21.1. The summed E-state index contributed by atoms with van der Waals surface area (Å²) in [6.07, 6.45) is 0. The van der Waals surface area contributed by atoms with E-state index in [1.807, 2.05) is 31.1 Å². The molecule has 29 heavy (non-hydrogen) atoms. The van der Waals surface area contributed by atoms with Crippen LogP contribution in [0, 0.1) is 0 Å². The Morgan fingerprint density at radius 3 is 2.55 bits per heavy atom. The van der Waals surface area contributed by atoms with Gasteiger partial charge in [0.15, 0.2) is 0 Å². The standard InChI is InChI=1S/C21H22ClN3O3S/c1-25(2)13-12-23-21(26)16-7-5-8-17(14-16)24-29(27,28)20-18-9-4-3-6-15(18)10-11-19(20)22/h3-11,14,24H,12-13H2,1-2H3,(H,23,26). The van der Waals surface area contributed by atoms with Gasteiger partial charge in [-0.2, -0.15) is 0 Å². The number of halogens is 1. The highest BCUT2D eigenvalue weighted by atomic mass is 35.5. The summed E-state index contributed by atoms with van der Waals surface area (Å²) in [4.78, 5) is 14.3. The van der Waals surface area contributed by atoms with Gasteiger partial charge in [-0.05, 0) is 43.7 Å². The van der Waals surface area contributed by atoms with Gasteiger partial charge in [0.1, 0.15) is 4.90 Å². The zero-order valence-corrected chi connectivity index (χ0v) is 17.7. The summed E-state index contributed by atoms with van der Waals surface area (Å²) in [6.45, 7) is 1.20. The minimum atomic E-state index is -3.96. The van der Waals surface area contributed by atoms with E-state index in [9.17, 15) is 13.2 Å². The second kappa shape index (κ2) is 8.82. The predicted octanol–water partition coefficient (Wildman–Crippen LogP) is 3.59. The zero-order valence-electron chi connectivity index (χ0n) is 16.1. The SMILES string of the molecule is CN(C)CCNC(=O)c1cccc(NS(=O)(=O)c2c(Cl)ccc3ccccc23)c1. The number of nitrogens with zero attached hydrogens (tertiary/aromatic N) is 1. The van der Waals surface area contributed by atoms with E-state index in [0.717, 1.165) is 5.39 Å². The number of likely N-dealkylation sites (N-methyl/N-ethyl adjacent to an activating group) is 1. The molecule has 0 fully saturated rings. The van der Waals surface area contributed by atoms with Crippen LogP contribution >= 0.6 is 11.6 Å². The Morgan fingerprint density at radius 1 is 1.03 bits per heavy atom. The van der Waals surface area contributed by atoms with Crippen LogP contribution < -0.4 is 10.0 Å². The Hall–Kier alpha value is -2.61. The minimum absolute atomic E-state index is 0.0121. The molecule has 0 saturated carbocycles. The summed E-state index contributed by atoms with van der Waals surface area (Å²) >= 11 is 6.23. The van der Waals surface area contributed by atoms with E-state index >= 15 is 0 Å². The average molecular weight is 432 g/mol. The number of fused-ring (bicyclic) bond motifs is 1. The number of hydrogen-bond acceptors (Lipinski definition) is 4. The number of rotatable bonds is 7. The van der Waals surface area contributed by atoms with Gasteiger partial charge in [0, 0.05) is 29.7 Å². The molecule has 0 aliphatic carbocycles. The summed E-state index contributed by atoms with van der Waals surface area (Å²) in [5.74, 6) is -0.268. The van der Waals surface area contributed by atoms with Crippen molar-refractivity contribution < 1.29 is 13.2 Å². The summed E-state index contributed by atoms with van der Waals surface area (Å²) in [5.41, 5.74) is 0.655. The van der Waals surface area contributed by atoms with Gasteiger partial charge < -0.3 is 10.2 Å². The van der Waals surface area contributed by atoms with Crippen molar-refractivity contribution in [3.8, 4) is 0 Å². The topological polar surface area (TPSA) is 78.5 Å². The highest BCUT2D eigenvalue weighted by molar-refractivity contribution is 7.93. The van der Waals surface area contributed by atoms with Crippen molar-refractivity contribution in [3.63, 3.8) is 0 Å². The van der Waals surface area contributed by atoms with Crippen molar-refractivity contribution in [1.29, 1.82) is 0 Å². The Bertz CT molecular complexity index is 1150. The normalized spacial score (nSPS) is 11.6. The quantitative estimate of drug-likeness (QED) is 0.599. The van der Waals surface area contributed by atoms with E-state index in [4.69, 9.17) is 11.6 Å². The van der Waals surface area contributed by atoms with Gasteiger partial charge in [-0.15, -0.1) is 0 Å². The molecule has 0 radical (unpaired) electrons. The highest BCUT2D eigenvalue weighted by Crippen LogP contribution is 2.31. The molecule has 0 heterocycles. The first-order valence-electron chi connectivity index (χ1n) is 9.01. The average Bonchev–Trinajstić information content (AvgIpc) is 2.67. The smallest absolute Gasteiger partial charge is 0.264 e. The lowest BCUT2D eigenvalue weighted by atomic mass is 10.1. The number of benzene rings is 3. The van der Waals surface area contributed by atoms with Crippen LogP contribution in [-0.2, 0) is 10.0 Å². The van der Waals surface area contributed by atoms with Crippen molar-refractivity contribution in [1.82, 2.24) is 10.2 Å². The third kappa shape index (κ3) is 5.06. The van der Waals surface area contributed by atoms with Crippen LogP contribution in [0.3, 0.4) is 0 Å². The lowest BCUT2D eigenvalue weighted by Gasteiger charge is -2.13. The van der Waals surface area contributed by atoms with Gasteiger partial charge >= 0.3 is 0 Å². The molecule has 3 aromatic carbocycles. The number of carbonyl (C=O) groups is 1. The molecule has 6 nitrogen and oxygen atoms in total. The maximum Gasteiger partial charge on any atom is 0.264 e. The number of anilines is 1. The van der Waals surface area contributed by atoms with Gasteiger partial charge in [-0.25, -0.2) is 8.42 Å². The van der Waals surface area contributed by atoms with Gasteiger partial charge in [-0.1, -0.05) is 48.0 Å². The zero-order chi connectivity index (χ0) is 21.0. The molecule has 8 heteroatoms. The second-order valence-corrected chi connectivity index (χ2v) is 8.87. The van der Waals surface area contributed by atoms with Gasteiger partial charge in [0.25, 0.3) is 15.9 Å². The van der Waals surface area contributed by atoms with E-state index in [-0.39, 0.29) is 21.5 Å². The van der Waals surface area contributed by atoms with E-state index in [2.05, 4.69) is 10.0 Å². The molecular weight excluding hydrogens is 410 g/mol. The van der Waals surface area contributed by atoms with Gasteiger partial charge in [-0.3, -0.25) is 9.52 Å². The van der Waals surface area contributed by atoms with Crippen LogP contribution in [0.1, 0.15) is 10.4 Å². The summed E-state index contributed by atoms with van der Waals surface area (Å²) in [5, 5.41) is 4.24. The number of sulfonamides is 1. The van der Waals surface area contributed by atoms with Crippen molar-refractivity contribution in [2.24, 2.45) is 0 Å². The molecular formula is C21H22ClN3O3S. The first-order valence-corrected chi connectivity index (χ1v) is 10.9. The predicted molar refractivity (Wildman–Crippen MR) is 117 cm³/mol. The lowest BCUT2D eigenvalue weighted by molar-refractivity contribution is 0.0951. The molecule has 152 valence electrons. The number of nitrogens with one attached hydrogen (secondary N) is 2. The monoisotopic (exact) mass is 431 g/mol. The molecule has 0 saturated heterocycles. The van der Waals surface area contributed by atoms with E-state index < -0.39 is 10.0 Å². The van der Waals surface area contributed by atoms with Crippen molar-refractivity contribution in [2.75, 3.05) is 31.9 Å². The number of carbonyl (C=O) groups excluding carboxylic acids is 1. The highest BCUT2D eigenvalue weighted by Gasteiger charge is 2.21. The Balaban J connectivity index is 1.87.